The summed E-state index contributed by atoms with van der Waals surface area (Å²) in [5.74, 6) is 0. The van der Waals surface area contributed by atoms with Crippen LogP contribution in [0.25, 0.3) is 11.1 Å². The molecule has 1 aromatic heterocycles. The van der Waals surface area contributed by atoms with Crippen LogP contribution in [0, 0.1) is 0 Å². The van der Waals surface area contributed by atoms with Crippen molar-refractivity contribution in [2.45, 2.75) is 13.0 Å². The number of carbonyl (C=O) groups is 1. The summed E-state index contributed by atoms with van der Waals surface area (Å²) in [7, 11) is 0. The van der Waals surface area contributed by atoms with Crippen molar-refractivity contribution in [2.75, 3.05) is 32.8 Å². The molecule has 1 aliphatic heterocycles. The molecule has 0 unspecified atom stereocenters. The second-order valence-electron chi connectivity index (χ2n) is 5.97. The van der Waals surface area contributed by atoms with E-state index in [9.17, 15) is 9.59 Å². The molecule has 126 valence electrons. The Bertz CT molecular complexity index is 731. The highest BCUT2D eigenvalue weighted by Crippen LogP contribution is 2.15. The standard InChI is InChI=1S/C19H22N2O3/c22-15-16-4-6-17(7-5-16)18-3-1-9-21(19(18)23)10-2-8-20-11-13-24-14-12-20/h1,3-7,9,15H,2,8,10-14H2. The number of hydrogen-bond acceptors (Lipinski definition) is 4. The molecular weight excluding hydrogens is 304 g/mol. The minimum absolute atomic E-state index is 0.0123. The van der Waals surface area contributed by atoms with Crippen LogP contribution in [0.2, 0.25) is 0 Å². The van der Waals surface area contributed by atoms with Gasteiger partial charge >= 0.3 is 0 Å². The van der Waals surface area contributed by atoms with Gasteiger partial charge in [0.05, 0.1) is 13.2 Å². The Kier molecular flexibility index (Phi) is 5.56. The molecule has 0 atom stereocenters. The number of aromatic nitrogens is 1. The Labute approximate surface area is 141 Å². The lowest BCUT2D eigenvalue weighted by Crippen LogP contribution is -2.37. The van der Waals surface area contributed by atoms with E-state index >= 15 is 0 Å². The molecule has 2 aromatic rings. The lowest BCUT2D eigenvalue weighted by molar-refractivity contribution is 0.0369. The Morgan fingerprint density at radius 3 is 2.50 bits per heavy atom. The van der Waals surface area contributed by atoms with Crippen LogP contribution in [0.5, 0.6) is 0 Å². The van der Waals surface area contributed by atoms with E-state index in [1.54, 1.807) is 16.7 Å². The van der Waals surface area contributed by atoms with Crippen molar-refractivity contribution in [3.05, 3.63) is 58.5 Å². The Balaban J connectivity index is 1.68. The second-order valence-corrected chi connectivity index (χ2v) is 5.97. The van der Waals surface area contributed by atoms with Crippen LogP contribution in [0.4, 0.5) is 0 Å². The molecule has 0 N–H and O–H groups in total. The van der Waals surface area contributed by atoms with Crippen molar-refractivity contribution in [1.82, 2.24) is 9.47 Å². The molecule has 3 rings (SSSR count). The predicted molar refractivity (Wildman–Crippen MR) is 93.4 cm³/mol. The number of aldehydes is 1. The molecule has 5 nitrogen and oxygen atoms in total. The summed E-state index contributed by atoms with van der Waals surface area (Å²) >= 11 is 0. The van der Waals surface area contributed by atoms with Crippen LogP contribution in [0.15, 0.2) is 47.4 Å². The van der Waals surface area contributed by atoms with Gasteiger partial charge < -0.3 is 9.30 Å². The van der Waals surface area contributed by atoms with Gasteiger partial charge in [0.1, 0.15) is 6.29 Å². The van der Waals surface area contributed by atoms with Crippen LogP contribution >= 0.6 is 0 Å². The van der Waals surface area contributed by atoms with Crippen molar-refractivity contribution < 1.29 is 9.53 Å². The molecule has 1 aliphatic rings. The first-order valence-electron chi connectivity index (χ1n) is 8.33. The highest BCUT2D eigenvalue weighted by atomic mass is 16.5. The second kappa shape index (κ2) is 8.04. The SMILES string of the molecule is O=Cc1ccc(-c2cccn(CCCN3CCOCC3)c2=O)cc1. The summed E-state index contributed by atoms with van der Waals surface area (Å²) < 4.78 is 7.11. The smallest absolute Gasteiger partial charge is 0.258 e. The summed E-state index contributed by atoms with van der Waals surface area (Å²) in [4.78, 5) is 25.8. The summed E-state index contributed by atoms with van der Waals surface area (Å²) in [5.41, 5.74) is 2.13. The summed E-state index contributed by atoms with van der Waals surface area (Å²) in [6.07, 6.45) is 3.58. The molecule has 0 amide bonds. The fourth-order valence-corrected chi connectivity index (χ4v) is 2.96. The van der Waals surface area contributed by atoms with E-state index in [4.69, 9.17) is 4.74 Å². The van der Waals surface area contributed by atoms with Gasteiger partial charge in [0.25, 0.3) is 5.56 Å². The summed E-state index contributed by atoms with van der Waals surface area (Å²) in [6, 6.07) is 10.8. The number of pyridine rings is 1. The number of benzene rings is 1. The number of carbonyl (C=O) groups excluding carboxylic acids is 1. The minimum Gasteiger partial charge on any atom is -0.379 e. The third-order valence-electron chi connectivity index (χ3n) is 4.36. The van der Waals surface area contributed by atoms with Crippen molar-refractivity contribution in [3.8, 4) is 11.1 Å². The Hall–Kier alpha value is -2.24. The zero-order chi connectivity index (χ0) is 16.8. The maximum atomic E-state index is 12.7. The van der Waals surface area contributed by atoms with Crippen molar-refractivity contribution in [1.29, 1.82) is 0 Å². The number of ether oxygens (including phenoxy) is 1. The van der Waals surface area contributed by atoms with Gasteiger partial charge in [0, 0.05) is 43.5 Å². The molecular formula is C19H22N2O3. The van der Waals surface area contributed by atoms with Gasteiger partial charge in [0.2, 0.25) is 0 Å². The first kappa shape index (κ1) is 16.6. The quantitative estimate of drug-likeness (QED) is 0.763. The van der Waals surface area contributed by atoms with E-state index in [0.717, 1.165) is 51.1 Å². The van der Waals surface area contributed by atoms with Gasteiger partial charge in [-0.25, -0.2) is 0 Å². The van der Waals surface area contributed by atoms with E-state index in [-0.39, 0.29) is 5.56 Å². The first-order valence-corrected chi connectivity index (χ1v) is 8.33. The highest BCUT2D eigenvalue weighted by molar-refractivity contribution is 5.76. The molecule has 0 saturated carbocycles. The van der Waals surface area contributed by atoms with Gasteiger partial charge in [0.15, 0.2) is 0 Å². The molecule has 1 aromatic carbocycles. The van der Waals surface area contributed by atoms with E-state index in [0.29, 0.717) is 17.7 Å². The monoisotopic (exact) mass is 326 g/mol. The number of hydrogen-bond donors (Lipinski definition) is 0. The maximum Gasteiger partial charge on any atom is 0.258 e. The van der Waals surface area contributed by atoms with Crippen LogP contribution in [-0.4, -0.2) is 48.6 Å². The molecule has 24 heavy (non-hydrogen) atoms. The zero-order valence-corrected chi connectivity index (χ0v) is 13.7. The topological polar surface area (TPSA) is 51.5 Å². The molecule has 1 saturated heterocycles. The van der Waals surface area contributed by atoms with Crippen LogP contribution < -0.4 is 5.56 Å². The third kappa shape index (κ3) is 3.99. The van der Waals surface area contributed by atoms with Gasteiger partial charge in [-0.2, -0.15) is 0 Å². The average molecular weight is 326 g/mol. The lowest BCUT2D eigenvalue weighted by atomic mass is 10.1. The Morgan fingerprint density at radius 1 is 1.04 bits per heavy atom. The summed E-state index contributed by atoms with van der Waals surface area (Å²) in [5, 5.41) is 0. The first-order chi connectivity index (χ1) is 11.8. The van der Waals surface area contributed by atoms with Crippen molar-refractivity contribution in [2.24, 2.45) is 0 Å². The minimum atomic E-state index is 0.0123. The molecule has 0 aliphatic carbocycles. The van der Waals surface area contributed by atoms with Gasteiger partial charge in [-0.05, 0) is 24.1 Å². The number of rotatable bonds is 6. The summed E-state index contributed by atoms with van der Waals surface area (Å²) in [6.45, 7) is 5.22. The van der Waals surface area contributed by atoms with Crippen LogP contribution in [-0.2, 0) is 11.3 Å². The number of aryl methyl sites for hydroxylation is 1. The van der Waals surface area contributed by atoms with Gasteiger partial charge in [-0.3, -0.25) is 14.5 Å². The fraction of sp³-hybridized carbons (Fsp3) is 0.368. The molecule has 1 fully saturated rings. The van der Waals surface area contributed by atoms with Gasteiger partial charge in [-0.15, -0.1) is 0 Å². The van der Waals surface area contributed by atoms with E-state index in [2.05, 4.69) is 4.90 Å². The van der Waals surface area contributed by atoms with E-state index in [1.807, 2.05) is 30.5 Å². The van der Waals surface area contributed by atoms with Crippen molar-refractivity contribution >= 4 is 6.29 Å². The highest BCUT2D eigenvalue weighted by Gasteiger charge is 2.10. The van der Waals surface area contributed by atoms with Crippen molar-refractivity contribution in [3.63, 3.8) is 0 Å². The zero-order valence-electron chi connectivity index (χ0n) is 13.7. The molecule has 2 heterocycles. The number of morpholine rings is 1. The predicted octanol–water partition coefficient (Wildman–Crippen LogP) is 2.05. The normalized spacial score (nSPS) is 15.3. The average Bonchev–Trinajstić information content (AvgIpc) is 2.64. The molecule has 0 radical (unpaired) electrons. The fourth-order valence-electron chi connectivity index (χ4n) is 2.96. The van der Waals surface area contributed by atoms with Crippen LogP contribution in [0.1, 0.15) is 16.8 Å². The lowest BCUT2D eigenvalue weighted by Gasteiger charge is -2.26. The Morgan fingerprint density at radius 2 is 1.79 bits per heavy atom. The van der Waals surface area contributed by atoms with E-state index in [1.165, 1.54) is 0 Å². The number of nitrogens with zero attached hydrogens (tertiary/aromatic N) is 2. The maximum absolute atomic E-state index is 12.7. The molecule has 5 heteroatoms. The molecule has 0 bridgehead atoms. The molecule has 0 spiro atoms. The van der Waals surface area contributed by atoms with Gasteiger partial charge in [-0.1, -0.05) is 24.3 Å². The largest absolute Gasteiger partial charge is 0.379 e. The third-order valence-corrected chi connectivity index (χ3v) is 4.36. The van der Waals surface area contributed by atoms with Crippen LogP contribution in [0.3, 0.4) is 0 Å². The van der Waals surface area contributed by atoms with E-state index < -0.39 is 0 Å².